The van der Waals surface area contributed by atoms with Gasteiger partial charge in [0.15, 0.2) is 5.75 Å². The van der Waals surface area contributed by atoms with Crippen LogP contribution in [0.25, 0.3) is 26.6 Å². The van der Waals surface area contributed by atoms with E-state index in [9.17, 15) is 9.90 Å². The lowest BCUT2D eigenvalue weighted by atomic mass is 10.0. The molecule has 1 heterocycles. The highest BCUT2D eigenvalue weighted by Gasteiger charge is 2.20. The maximum absolute atomic E-state index is 11.3. The van der Waals surface area contributed by atoms with Crippen molar-refractivity contribution in [2.75, 3.05) is 14.2 Å². The van der Waals surface area contributed by atoms with Crippen molar-refractivity contribution in [3.63, 3.8) is 0 Å². The van der Waals surface area contributed by atoms with Crippen LogP contribution in [0.5, 0.6) is 17.2 Å². The lowest BCUT2D eigenvalue weighted by Crippen LogP contribution is -1.95. The van der Waals surface area contributed by atoms with Crippen molar-refractivity contribution in [2.45, 2.75) is 13.0 Å². The topological polar surface area (TPSA) is 65.0 Å². The Morgan fingerprint density at radius 1 is 1.00 bits per heavy atom. The molecule has 0 aliphatic carbocycles. The molecule has 4 aromatic rings. The minimum Gasteiger partial charge on any atom is -0.497 e. The highest BCUT2D eigenvalue weighted by atomic mass is 32.1. The number of esters is 1. The Balaban J connectivity index is 1.77. The van der Waals surface area contributed by atoms with Gasteiger partial charge in [-0.3, -0.25) is 0 Å². The second kappa shape index (κ2) is 9.90. The molecule has 0 bridgehead atoms. The summed E-state index contributed by atoms with van der Waals surface area (Å²) >= 11 is 1.60. The van der Waals surface area contributed by atoms with Crippen LogP contribution in [0.1, 0.15) is 24.2 Å². The van der Waals surface area contributed by atoms with E-state index in [2.05, 4.69) is 4.74 Å². The Labute approximate surface area is 196 Å². The summed E-state index contributed by atoms with van der Waals surface area (Å²) in [5.74, 6) is 1.75. The van der Waals surface area contributed by atoms with E-state index in [1.54, 1.807) is 31.4 Å². The molecule has 3 aromatic carbocycles. The highest BCUT2D eigenvalue weighted by Crippen LogP contribution is 2.48. The van der Waals surface area contributed by atoms with Crippen LogP contribution in [0.15, 0.2) is 72.8 Å². The average Bonchev–Trinajstić information content (AvgIpc) is 3.20. The average molecular weight is 461 g/mol. The zero-order valence-corrected chi connectivity index (χ0v) is 19.4. The number of thiophene rings is 1. The minimum absolute atomic E-state index is 0.406. The number of fused-ring (bicyclic) bond motifs is 1. The molecule has 6 heteroatoms. The predicted octanol–water partition coefficient (Wildman–Crippen LogP) is 6.61. The van der Waals surface area contributed by atoms with Crippen LogP contribution in [0, 0.1) is 0 Å². The second-order valence-corrected chi connectivity index (χ2v) is 8.47. The van der Waals surface area contributed by atoms with E-state index in [0.717, 1.165) is 43.2 Å². The molecule has 0 saturated heterocycles. The number of carbonyl (C=O) groups is 1. The third kappa shape index (κ3) is 4.92. The number of aliphatic hydroxyl groups is 1. The Hall–Kier alpha value is -3.61. The monoisotopic (exact) mass is 460 g/mol. The summed E-state index contributed by atoms with van der Waals surface area (Å²) in [6.07, 6.45) is 2.45. The van der Waals surface area contributed by atoms with Crippen LogP contribution in [-0.4, -0.2) is 25.3 Å². The zero-order valence-electron chi connectivity index (χ0n) is 18.6. The summed E-state index contributed by atoms with van der Waals surface area (Å²) in [6.45, 7) is 1.76. The predicted molar refractivity (Wildman–Crippen MR) is 132 cm³/mol. The van der Waals surface area contributed by atoms with Gasteiger partial charge in [-0.05, 0) is 54.5 Å². The minimum atomic E-state index is -0.616. The van der Waals surface area contributed by atoms with Crippen molar-refractivity contribution >= 4 is 33.5 Å². The second-order valence-electron chi connectivity index (χ2n) is 7.41. The molecule has 0 radical (unpaired) electrons. The Morgan fingerprint density at radius 2 is 1.73 bits per heavy atom. The molecule has 1 unspecified atom stereocenters. The van der Waals surface area contributed by atoms with E-state index in [0.29, 0.717) is 5.75 Å². The summed E-state index contributed by atoms with van der Waals surface area (Å²) in [5.41, 5.74) is 2.62. The van der Waals surface area contributed by atoms with Crippen molar-refractivity contribution in [3.8, 4) is 27.7 Å². The number of methoxy groups -OCH3 is 2. The molecule has 33 heavy (non-hydrogen) atoms. The number of ether oxygens (including phenoxy) is 3. The van der Waals surface area contributed by atoms with Gasteiger partial charge in [0.2, 0.25) is 0 Å². The Bertz CT molecular complexity index is 1300. The number of hydrogen-bond donors (Lipinski definition) is 1. The van der Waals surface area contributed by atoms with Gasteiger partial charge in [-0.15, -0.1) is 11.3 Å². The number of benzene rings is 3. The molecule has 168 valence electrons. The molecular formula is C27H24O5S. The smallest absolute Gasteiger partial charge is 0.330 e. The van der Waals surface area contributed by atoms with E-state index in [-0.39, 0.29) is 0 Å². The summed E-state index contributed by atoms with van der Waals surface area (Å²) in [6, 6.07) is 21.1. The van der Waals surface area contributed by atoms with Crippen molar-refractivity contribution in [2.24, 2.45) is 0 Å². The zero-order chi connectivity index (χ0) is 23.4. The fourth-order valence-electron chi connectivity index (χ4n) is 3.52. The molecule has 1 atom stereocenters. The third-order valence-electron chi connectivity index (χ3n) is 5.22. The Kier molecular flexibility index (Phi) is 6.77. The van der Waals surface area contributed by atoms with Crippen LogP contribution in [0.3, 0.4) is 0 Å². The summed E-state index contributed by atoms with van der Waals surface area (Å²) < 4.78 is 17.5. The summed E-state index contributed by atoms with van der Waals surface area (Å²) in [5, 5.41) is 11.3. The first-order chi connectivity index (χ1) is 16.0. The normalized spacial score (nSPS) is 12.1. The molecule has 0 aliphatic rings. The largest absolute Gasteiger partial charge is 0.497 e. The highest BCUT2D eigenvalue weighted by molar-refractivity contribution is 7.22. The van der Waals surface area contributed by atoms with Crippen LogP contribution >= 0.6 is 11.3 Å². The van der Waals surface area contributed by atoms with Crippen molar-refractivity contribution in [1.82, 2.24) is 0 Å². The van der Waals surface area contributed by atoms with Crippen LogP contribution < -0.4 is 9.47 Å². The van der Waals surface area contributed by atoms with E-state index in [1.165, 1.54) is 13.2 Å². The van der Waals surface area contributed by atoms with E-state index >= 15 is 0 Å². The van der Waals surface area contributed by atoms with Gasteiger partial charge in [0.05, 0.1) is 25.2 Å². The molecule has 4 rings (SSSR count). The van der Waals surface area contributed by atoms with E-state index < -0.39 is 12.1 Å². The molecule has 0 saturated carbocycles. The van der Waals surface area contributed by atoms with Gasteiger partial charge in [-0.25, -0.2) is 4.79 Å². The van der Waals surface area contributed by atoms with Gasteiger partial charge in [-0.2, -0.15) is 0 Å². The van der Waals surface area contributed by atoms with Crippen molar-refractivity contribution in [3.05, 3.63) is 83.9 Å². The van der Waals surface area contributed by atoms with Crippen LogP contribution in [0.2, 0.25) is 0 Å². The lowest BCUT2D eigenvalue weighted by molar-refractivity contribution is -0.134. The molecule has 1 N–H and O–H groups in total. The molecule has 0 fully saturated rings. The number of carbonyl (C=O) groups excluding carboxylic acids is 1. The van der Waals surface area contributed by atoms with Gasteiger partial charge in [-0.1, -0.05) is 36.4 Å². The number of aliphatic hydroxyl groups excluding tert-OH is 1. The van der Waals surface area contributed by atoms with Crippen LogP contribution in [-0.2, 0) is 9.53 Å². The lowest BCUT2D eigenvalue weighted by Gasteiger charge is -2.13. The van der Waals surface area contributed by atoms with Crippen LogP contribution in [0.4, 0.5) is 0 Å². The molecule has 0 aliphatic heterocycles. The summed E-state index contributed by atoms with van der Waals surface area (Å²) in [4.78, 5) is 12.3. The standard InChI is InChI=1S/C27H24O5S/c1-17(28)21-6-4-5-7-22(21)27-26(23-14-13-20(30-2)16-24(23)33-27)32-19-11-8-18(9-12-19)10-15-25(29)31-3/h4-17,28H,1-3H3/b15-10+. The third-order valence-corrected chi connectivity index (χ3v) is 6.39. The fourth-order valence-corrected chi connectivity index (χ4v) is 4.73. The Morgan fingerprint density at radius 3 is 2.42 bits per heavy atom. The van der Waals surface area contributed by atoms with Gasteiger partial charge in [0, 0.05) is 21.7 Å². The van der Waals surface area contributed by atoms with E-state index in [4.69, 9.17) is 9.47 Å². The first-order valence-electron chi connectivity index (χ1n) is 10.4. The fraction of sp³-hybridized carbons (Fsp3) is 0.148. The van der Waals surface area contributed by atoms with Crippen molar-refractivity contribution < 1.29 is 24.1 Å². The number of hydrogen-bond acceptors (Lipinski definition) is 6. The number of rotatable bonds is 7. The SMILES string of the molecule is COC(=O)/C=C/c1ccc(Oc2c(-c3ccccc3C(C)O)sc3cc(OC)ccc23)cc1. The molecule has 0 amide bonds. The first-order valence-corrected chi connectivity index (χ1v) is 11.2. The molecule has 0 spiro atoms. The van der Waals surface area contributed by atoms with Gasteiger partial charge in [0.1, 0.15) is 11.5 Å². The summed E-state index contributed by atoms with van der Waals surface area (Å²) in [7, 11) is 2.99. The molecule has 5 nitrogen and oxygen atoms in total. The van der Waals surface area contributed by atoms with Crippen molar-refractivity contribution in [1.29, 1.82) is 0 Å². The quantitative estimate of drug-likeness (QED) is 0.248. The van der Waals surface area contributed by atoms with Gasteiger partial charge < -0.3 is 19.3 Å². The molecular weight excluding hydrogens is 436 g/mol. The molecule has 1 aromatic heterocycles. The van der Waals surface area contributed by atoms with Gasteiger partial charge >= 0.3 is 5.97 Å². The maximum atomic E-state index is 11.3. The van der Waals surface area contributed by atoms with Gasteiger partial charge in [0.25, 0.3) is 0 Å². The maximum Gasteiger partial charge on any atom is 0.330 e. The van der Waals surface area contributed by atoms with E-state index in [1.807, 2.05) is 66.7 Å². The first kappa shape index (κ1) is 22.6.